The molecule has 0 aliphatic heterocycles. The van der Waals surface area contributed by atoms with Crippen LogP contribution in [0.5, 0.6) is 0 Å². The first-order valence-electron chi connectivity index (χ1n) is 13.3. The van der Waals surface area contributed by atoms with E-state index in [1.54, 1.807) is 0 Å². The molecule has 2 atom stereocenters. The smallest absolute Gasteiger partial charge is 0.0551 e. The van der Waals surface area contributed by atoms with E-state index >= 15 is 0 Å². The molecule has 0 saturated heterocycles. The number of aryl methyl sites for hydroxylation is 1. The van der Waals surface area contributed by atoms with E-state index in [0.717, 1.165) is 5.69 Å². The summed E-state index contributed by atoms with van der Waals surface area (Å²) in [6, 6.07) is 47.8. The first-order valence-corrected chi connectivity index (χ1v) is 13.3. The maximum atomic E-state index is 3.81. The molecule has 1 aliphatic carbocycles. The molecule has 1 heteroatoms. The van der Waals surface area contributed by atoms with Crippen molar-refractivity contribution in [3.8, 4) is 22.3 Å². The molecule has 2 unspecified atom stereocenters. The number of nitrogens with one attached hydrogen (secondary N) is 1. The Bertz CT molecular complexity index is 1560. The number of hydrogen-bond donors (Lipinski definition) is 1. The summed E-state index contributed by atoms with van der Waals surface area (Å²) in [5, 5.41) is 3.81. The van der Waals surface area contributed by atoms with Crippen molar-refractivity contribution in [2.24, 2.45) is 0 Å². The minimum absolute atomic E-state index is 0.147. The Morgan fingerprint density at radius 1 is 0.526 bits per heavy atom. The topological polar surface area (TPSA) is 12.0 Å². The van der Waals surface area contributed by atoms with E-state index in [0.29, 0.717) is 0 Å². The predicted octanol–water partition coefficient (Wildman–Crippen LogP) is 9.55. The first kappa shape index (κ1) is 23.8. The van der Waals surface area contributed by atoms with Gasteiger partial charge in [0.1, 0.15) is 0 Å². The van der Waals surface area contributed by atoms with Crippen molar-refractivity contribution in [2.75, 3.05) is 5.32 Å². The molecule has 1 N–H and O–H groups in total. The van der Waals surface area contributed by atoms with E-state index < -0.39 is 0 Å². The number of hydrogen-bond acceptors (Lipinski definition) is 1. The van der Waals surface area contributed by atoms with Crippen molar-refractivity contribution in [2.45, 2.75) is 18.9 Å². The van der Waals surface area contributed by atoms with Crippen molar-refractivity contribution < 1.29 is 0 Å². The molecule has 0 heterocycles. The fourth-order valence-corrected chi connectivity index (χ4v) is 5.25. The Hall–Kier alpha value is -4.62. The Balaban J connectivity index is 1.30. The quantitative estimate of drug-likeness (QED) is 0.250. The Kier molecular flexibility index (Phi) is 6.74. The molecule has 1 nitrogen and oxygen atoms in total. The van der Waals surface area contributed by atoms with Crippen LogP contribution in [0.1, 0.15) is 22.6 Å². The summed E-state index contributed by atoms with van der Waals surface area (Å²) in [6.07, 6.45) is 7.00. The molecule has 1 aliphatic rings. The van der Waals surface area contributed by atoms with E-state index in [-0.39, 0.29) is 12.0 Å². The second-order valence-corrected chi connectivity index (χ2v) is 9.98. The lowest BCUT2D eigenvalue weighted by Crippen LogP contribution is -2.26. The van der Waals surface area contributed by atoms with Gasteiger partial charge in [0.25, 0.3) is 0 Å². The third-order valence-electron chi connectivity index (χ3n) is 7.31. The zero-order valence-corrected chi connectivity index (χ0v) is 21.6. The van der Waals surface area contributed by atoms with Gasteiger partial charge in [-0.3, -0.25) is 0 Å². The lowest BCUT2D eigenvalue weighted by Gasteiger charge is -2.29. The highest BCUT2D eigenvalue weighted by Gasteiger charge is 2.23. The normalized spacial score (nSPS) is 16.6. The van der Waals surface area contributed by atoms with Crippen LogP contribution in [-0.2, 0) is 0 Å². The number of rotatable bonds is 6. The van der Waals surface area contributed by atoms with Crippen LogP contribution in [0, 0.1) is 6.92 Å². The van der Waals surface area contributed by atoms with Crippen molar-refractivity contribution in [3.63, 3.8) is 0 Å². The molecule has 0 amide bonds. The summed E-state index contributed by atoms with van der Waals surface area (Å²) < 4.78 is 0. The Labute approximate surface area is 225 Å². The third kappa shape index (κ3) is 5.23. The van der Waals surface area contributed by atoms with Crippen molar-refractivity contribution in [3.05, 3.63) is 168 Å². The zero-order valence-electron chi connectivity index (χ0n) is 21.6. The summed E-state index contributed by atoms with van der Waals surface area (Å²) in [4.78, 5) is 0. The van der Waals surface area contributed by atoms with E-state index in [1.807, 2.05) is 0 Å². The summed E-state index contributed by atoms with van der Waals surface area (Å²) >= 11 is 0. The maximum Gasteiger partial charge on any atom is 0.0551 e. The van der Waals surface area contributed by atoms with Gasteiger partial charge in [0.15, 0.2) is 0 Å². The van der Waals surface area contributed by atoms with Gasteiger partial charge in [0.2, 0.25) is 0 Å². The van der Waals surface area contributed by atoms with Crippen molar-refractivity contribution in [1.29, 1.82) is 0 Å². The first-order chi connectivity index (χ1) is 18.7. The van der Waals surface area contributed by atoms with Crippen LogP contribution in [0.2, 0.25) is 0 Å². The molecule has 0 aromatic heterocycles. The van der Waals surface area contributed by atoms with Gasteiger partial charge >= 0.3 is 0 Å². The van der Waals surface area contributed by atoms with Crippen LogP contribution in [0.25, 0.3) is 27.8 Å². The summed E-state index contributed by atoms with van der Waals surface area (Å²) in [6.45, 7) is 2.15. The Morgan fingerprint density at radius 3 is 1.68 bits per heavy atom. The van der Waals surface area contributed by atoms with Gasteiger partial charge in [-0.05, 0) is 58.0 Å². The fourth-order valence-electron chi connectivity index (χ4n) is 5.25. The van der Waals surface area contributed by atoms with E-state index in [4.69, 9.17) is 0 Å². The lowest BCUT2D eigenvalue weighted by molar-refractivity contribution is 0.759. The highest BCUT2D eigenvalue weighted by Crippen LogP contribution is 2.35. The average Bonchev–Trinajstić information content (AvgIpc) is 2.99. The van der Waals surface area contributed by atoms with Gasteiger partial charge in [-0.2, -0.15) is 0 Å². The standard InChI is InChI=1S/C37H31N/c1-27-9-8-14-33(25-27)34-21-24-37(38-35-22-19-31(20-23-35)29-12-6-3-7-13-29)36(26-34)32-17-15-30(16-18-32)28-10-4-2-5-11-28/h2-26,36-38H,1H3. The molecule has 0 bridgehead atoms. The second-order valence-electron chi connectivity index (χ2n) is 9.98. The molecule has 0 fully saturated rings. The van der Waals surface area contributed by atoms with Gasteiger partial charge < -0.3 is 5.32 Å². The van der Waals surface area contributed by atoms with Crippen LogP contribution < -0.4 is 5.32 Å². The highest BCUT2D eigenvalue weighted by molar-refractivity contribution is 5.77. The largest absolute Gasteiger partial charge is 0.378 e. The number of allylic oxidation sites excluding steroid dienone is 2. The summed E-state index contributed by atoms with van der Waals surface area (Å²) in [7, 11) is 0. The van der Waals surface area contributed by atoms with Crippen LogP contribution in [0.4, 0.5) is 5.69 Å². The van der Waals surface area contributed by atoms with Crippen molar-refractivity contribution in [1.82, 2.24) is 0 Å². The predicted molar refractivity (Wildman–Crippen MR) is 162 cm³/mol. The number of anilines is 1. The lowest BCUT2D eigenvalue weighted by atomic mass is 9.83. The van der Waals surface area contributed by atoms with Crippen LogP contribution in [-0.4, -0.2) is 6.04 Å². The van der Waals surface area contributed by atoms with E-state index in [9.17, 15) is 0 Å². The molecule has 5 aromatic rings. The average molecular weight is 490 g/mol. The van der Waals surface area contributed by atoms with Gasteiger partial charge in [0, 0.05) is 11.6 Å². The molecule has 6 rings (SSSR count). The molecule has 184 valence electrons. The fraction of sp³-hybridized carbons (Fsp3) is 0.0811. The monoisotopic (exact) mass is 489 g/mol. The highest BCUT2D eigenvalue weighted by atomic mass is 14.9. The Morgan fingerprint density at radius 2 is 1.08 bits per heavy atom. The SMILES string of the molecule is Cc1cccc(C2=CC(c3ccc(-c4ccccc4)cc3)C(Nc3ccc(-c4ccccc4)cc3)C=C2)c1. The van der Waals surface area contributed by atoms with Gasteiger partial charge in [-0.25, -0.2) is 0 Å². The van der Waals surface area contributed by atoms with E-state index in [2.05, 4.69) is 164 Å². The molecular weight excluding hydrogens is 458 g/mol. The molecule has 0 saturated carbocycles. The van der Waals surface area contributed by atoms with Crippen LogP contribution >= 0.6 is 0 Å². The molecule has 0 radical (unpaired) electrons. The second kappa shape index (κ2) is 10.8. The van der Waals surface area contributed by atoms with Gasteiger partial charge in [0.05, 0.1) is 6.04 Å². The van der Waals surface area contributed by atoms with Gasteiger partial charge in [-0.15, -0.1) is 0 Å². The molecule has 0 spiro atoms. The van der Waals surface area contributed by atoms with Crippen molar-refractivity contribution >= 4 is 11.3 Å². The minimum atomic E-state index is 0.147. The molecule has 38 heavy (non-hydrogen) atoms. The number of benzene rings is 5. The summed E-state index contributed by atoms with van der Waals surface area (Å²) in [5.74, 6) is 0.203. The molecular formula is C37H31N. The van der Waals surface area contributed by atoms with E-state index in [1.165, 1.54) is 44.5 Å². The van der Waals surface area contributed by atoms with Crippen LogP contribution in [0.15, 0.2) is 152 Å². The maximum absolute atomic E-state index is 3.81. The summed E-state index contributed by atoms with van der Waals surface area (Å²) in [5.41, 5.74) is 11.2. The minimum Gasteiger partial charge on any atom is -0.378 e. The zero-order chi connectivity index (χ0) is 25.7. The third-order valence-corrected chi connectivity index (χ3v) is 7.31. The van der Waals surface area contributed by atoms with Crippen LogP contribution in [0.3, 0.4) is 0 Å². The molecule has 5 aromatic carbocycles. The van der Waals surface area contributed by atoms with Gasteiger partial charge in [-0.1, -0.05) is 145 Å².